The van der Waals surface area contributed by atoms with E-state index in [1.165, 1.54) is 6.92 Å². The highest BCUT2D eigenvalue weighted by atomic mass is 32.2. The number of esters is 1. The molecule has 0 amide bonds. The van der Waals surface area contributed by atoms with Gasteiger partial charge in [0.2, 0.25) is 0 Å². The highest BCUT2D eigenvalue weighted by Gasteiger charge is 2.61. The molecular weight excluding hydrogens is 569 g/mol. The van der Waals surface area contributed by atoms with Crippen molar-refractivity contribution in [3.05, 3.63) is 91.0 Å². The smallest absolute Gasteiger partial charge is 0.302 e. The topological polar surface area (TPSA) is 80.3 Å². The highest BCUT2D eigenvalue weighted by molar-refractivity contribution is 7.85. The predicted molar refractivity (Wildman–Crippen MR) is 164 cm³/mol. The SMILES string of the molecule is CC(=O)OC[C@H]1O[C@@H](S(=O)c2ccccc2)[C@H](O[Si](c2ccccc2)(c2ccccc2)C(C)(C)C)[C@H]2OC(C)(C)O[C@H]21. The first-order chi connectivity index (χ1) is 19.9. The van der Waals surface area contributed by atoms with Crippen LogP contribution in [0.25, 0.3) is 0 Å². The van der Waals surface area contributed by atoms with Crippen molar-refractivity contribution < 1.29 is 32.4 Å². The molecule has 3 aromatic rings. The molecule has 2 aliphatic heterocycles. The van der Waals surface area contributed by atoms with Crippen molar-refractivity contribution in [3.63, 3.8) is 0 Å². The maximum absolute atomic E-state index is 14.4. The summed E-state index contributed by atoms with van der Waals surface area (Å²) in [5, 5.41) is 1.84. The fourth-order valence-electron chi connectivity index (χ4n) is 6.05. The molecule has 2 fully saturated rings. The summed E-state index contributed by atoms with van der Waals surface area (Å²) in [6, 6.07) is 29.8. The molecule has 0 N–H and O–H groups in total. The van der Waals surface area contributed by atoms with E-state index in [1.54, 1.807) is 0 Å². The van der Waals surface area contributed by atoms with Crippen LogP contribution in [-0.2, 0) is 39.0 Å². The van der Waals surface area contributed by atoms with Crippen molar-refractivity contribution in [2.75, 3.05) is 6.61 Å². The van der Waals surface area contributed by atoms with Gasteiger partial charge in [0.1, 0.15) is 31.0 Å². The Bertz CT molecular complexity index is 1340. The van der Waals surface area contributed by atoms with Crippen LogP contribution in [0.1, 0.15) is 41.5 Å². The van der Waals surface area contributed by atoms with Crippen molar-refractivity contribution in [1.29, 1.82) is 0 Å². The first kappa shape index (κ1) is 30.8. The monoisotopic (exact) mass is 608 g/mol. The van der Waals surface area contributed by atoms with Crippen molar-refractivity contribution in [3.8, 4) is 0 Å². The third kappa shape index (κ3) is 6.04. The van der Waals surface area contributed by atoms with Gasteiger partial charge >= 0.3 is 5.97 Å². The van der Waals surface area contributed by atoms with E-state index in [9.17, 15) is 9.00 Å². The van der Waals surface area contributed by atoms with E-state index in [-0.39, 0.29) is 11.6 Å². The maximum atomic E-state index is 14.4. The highest BCUT2D eigenvalue weighted by Crippen LogP contribution is 2.44. The fourth-order valence-corrected chi connectivity index (χ4v) is 12.2. The second-order valence-corrected chi connectivity index (χ2v) is 18.1. The second-order valence-electron chi connectivity index (χ2n) is 12.3. The van der Waals surface area contributed by atoms with Crippen LogP contribution in [0.4, 0.5) is 0 Å². The van der Waals surface area contributed by atoms with E-state index >= 15 is 0 Å². The lowest BCUT2D eigenvalue weighted by molar-refractivity contribution is -0.178. The molecule has 2 saturated heterocycles. The maximum Gasteiger partial charge on any atom is 0.302 e. The molecule has 5 rings (SSSR count). The second kappa shape index (κ2) is 12.1. The average molecular weight is 609 g/mol. The Morgan fingerprint density at radius 2 is 1.36 bits per heavy atom. The van der Waals surface area contributed by atoms with Gasteiger partial charge in [0.25, 0.3) is 8.32 Å². The molecule has 42 heavy (non-hydrogen) atoms. The predicted octanol–water partition coefficient (Wildman–Crippen LogP) is 4.55. The minimum atomic E-state index is -3.13. The van der Waals surface area contributed by atoms with Gasteiger partial charge in [-0.1, -0.05) is 99.6 Å². The largest absolute Gasteiger partial charge is 0.463 e. The third-order valence-electron chi connectivity index (χ3n) is 7.80. The lowest BCUT2D eigenvalue weighted by Crippen LogP contribution is -2.71. The minimum absolute atomic E-state index is 0.0512. The Hall–Kier alpha value is -2.66. The van der Waals surface area contributed by atoms with Gasteiger partial charge in [0, 0.05) is 11.8 Å². The Morgan fingerprint density at radius 1 is 0.857 bits per heavy atom. The average Bonchev–Trinajstić information content (AvgIpc) is 3.30. The molecule has 7 nitrogen and oxygen atoms in total. The molecular formula is C33H40O7SSi. The summed E-state index contributed by atoms with van der Waals surface area (Å²) in [6.45, 7) is 11.6. The van der Waals surface area contributed by atoms with Crippen LogP contribution < -0.4 is 10.4 Å². The zero-order chi connectivity index (χ0) is 30.1. The standard InChI is InChI=1S/C33H40O7SSi/c1-23(34)36-22-27-28-29(39-33(5,6)38-28)30(31(37-27)41(35)24-16-10-7-11-17-24)40-42(32(2,3)4,25-18-12-8-13-19-25)26-20-14-9-15-21-26/h7-21,27-31H,22H2,1-6H3/t27-,28+,29+,30-,31+,41?/m1/s1. The third-order valence-corrected chi connectivity index (χ3v) is 14.4. The Kier molecular flexibility index (Phi) is 8.90. The summed E-state index contributed by atoms with van der Waals surface area (Å²) in [7, 11) is -4.77. The summed E-state index contributed by atoms with van der Waals surface area (Å²) >= 11 is 0. The normalized spacial score (nSPS) is 26.3. The van der Waals surface area contributed by atoms with Gasteiger partial charge in [0.15, 0.2) is 11.2 Å². The van der Waals surface area contributed by atoms with Crippen LogP contribution in [0.5, 0.6) is 0 Å². The fraction of sp³-hybridized carbons (Fsp3) is 0.424. The molecule has 0 radical (unpaired) electrons. The Balaban J connectivity index is 1.68. The summed E-state index contributed by atoms with van der Waals surface area (Å²) in [6.07, 6.45) is -2.70. The number of fused-ring (bicyclic) bond motifs is 1. The first-order valence-corrected chi connectivity index (χ1v) is 17.4. The van der Waals surface area contributed by atoms with Crippen LogP contribution in [0.15, 0.2) is 95.9 Å². The summed E-state index contributed by atoms with van der Waals surface area (Å²) in [5.74, 6) is -1.39. The number of benzene rings is 3. The van der Waals surface area contributed by atoms with E-state index in [0.717, 1.165) is 10.4 Å². The van der Waals surface area contributed by atoms with Gasteiger partial charge in [-0.05, 0) is 41.4 Å². The van der Waals surface area contributed by atoms with Gasteiger partial charge < -0.3 is 23.4 Å². The quantitative estimate of drug-likeness (QED) is 0.274. The number of ether oxygens (including phenoxy) is 4. The van der Waals surface area contributed by atoms with Crippen LogP contribution >= 0.6 is 0 Å². The number of hydrogen-bond acceptors (Lipinski definition) is 7. The van der Waals surface area contributed by atoms with Crippen LogP contribution in [0.2, 0.25) is 5.04 Å². The van der Waals surface area contributed by atoms with E-state index < -0.39 is 60.7 Å². The van der Waals surface area contributed by atoms with Gasteiger partial charge in [-0.3, -0.25) is 9.00 Å². The van der Waals surface area contributed by atoms with E-state index in [2.05, 4.69) is 45.0 Å². The van der Waals surface area contributed by atoms with Crippen LogP contribution in [0.3, 0.4) is 0 Å². The molecule has 1 unspecified atom stereocenters. The lowest BCUT2D eigenvalue weighted by atomic mass is 10.0. The van der Waals surface area contributed by atoms with Gasteiger partial charge in [-0.15, -0.1) is 0 Å². The molecule has 0 saturated carbocycles. The molecule has 2 aliphatic rings. The van der Waals surface area contributed by atoms with E-state index in [4.69, 9.17) is 23.4 Å². The van der Waals surface area contributed by atoms with Crippen LogP contribution in [-0.4, -0.2) is 60.7 Å². The van der Waals surface area contributed by atoms with E-state index in [0.29, 0.717) is 4.90 Å². The molecule has 6 atom stereocenters. The number of carbonyl (C=O) groups is 1. The van der Waals surface area contributed by atoms with E-state index in [1.807, 2.05) is 80.6 Å². The van der Waals surface area contributed by atoms with Crippen LogP contribution in [0, 0.1) is 0 Å². The zero-order valence-corrected chi connectivity index (χ0v) is 26.8. The first-order valence-electron chi connectivity index (χ1n) is 14.3. The summed E-state index contributed by atoms with van der Waals surface area (Å²) in [5.41, 5.74) is -0.923. The van der Waals surface area contributed by atoms with Crippen molar-refractivity contribution in [1.82, 2.24) is 0 Å². The summed E-state index contributed by atoms with van der Waals surface area (Å²) in [4.78, 5) is 12.4. The Morgan fingerprint density at radius 3 is 1.86 bits per heavy atom. The van der Waals surface area contributed by atoms with Gasteiger partial charge in [-0.2, -0.15) is 0 Å². The molecule has 2 heterocycles. The molecule has 0 bridgehead atoms. The number of carbonyl (C=O) groups excluding carboxylic acids is 1. The molecule has 0 aliphatic carbocycles. The summed E-state index contributed by atoms with van der Waals surface area (Å²) < 4.78 is 46.9. The Labute approximate surface area is 252 Å². The minimum Gasteiger partial charge on any atom is -0.463 e. The number of rotatable bonds is 8. The lowest BCUT2D eigenvalue weighted by Gasteiger charge is -2.49. The molecule has 3 aromatic carbocycles. The van der Waals surface area contributed by atoms with Gasteiger partial charge in [0.05, 0.1) is 10.8 Å². The van der Waals surface area contributed by atoms with Crippen molar-refractivity contribution in [2.45, 2.75) is 87.1 Å². The number of hydrogen-bond donors (Lipinski definition) is 0. The molecule has 224 valence electrons. The molecule has 0 spiro atoms. The van der Waals surface area contributed by atoms with Crippen molar-refractivity contribution >= 4 is 35.5 Å². The molecule has 0 aromatic heterocycles. The van der Waals surface area contributed by atoms with Crippen molar-refractivity contribution in [2.24, 2.45) is 0 Å². The van der Waals surface area contributed by atoms with Gasteiger partial charge in [-0.25, -0.2) is 0 Å². The molecule has 9 heteroatoms. The zero-order valence-electron chi connectivity index (χ0n) is 25.0.